The van der Waals surface area contributed by atoms with E-state index in [1.165, 1.54) is 6.92 Å². The van der Waals surface area contributed by atoms with E-state index < -0.39 is 0 Å². The molecule has 3 aromatic carbocycles. The zero-order chi connectivity index (χ0) is 23.1. The molecule has 0 bridgehead atoms. The van der Waals surface area contributed by atoms with Crippen LogP contribution in [0, 0.1) is 0 Å². The van der Waals surface area contributed by atoms with Crippen molar-refractivity contribution in [1.82, 2.24) is 0 Å². The molecule has 0 radical (unpaired) electrons. The van der Waals surface area contributed by atoms with E-state index in [0.717, 1.165) is 22.5 Å². The van der Waals surface area contributed by atoms with Crippen molar-refractivity contribution in [3.8, 4) is 11.5 Å². The molecule has 0 aliphatic carbocycles. The maximum atomic E-state index is 11.1. The summed E-state index contributed by atoms with van der Waals surface area (Å²) in [4.78, 5) is 11.1. The van der Waals surface area contributed by atoms with Crippen LogP contribution in [0.4, 0.5) is 11.4 Å². The van der Waals surface area contributed by atoms with E-state index in [1.807, 2.05) is 49.4 Å². The SMILES string of the molecule is CCOc1cc(CNc2ccc(NC(C)=O)cc2)cc(Cl)c1OCc1ccc(Cl)c(Cl)c1. The zero-order valence-corrected chi connectivity index (χ0v) is 19.9. The Balaban J connectivity index is 1.70. The number of ether oxygens (including phenoxy) is 2. The van der Waals surface area contributed by atoms with Crippen molar-refractivity contribution >= 4 is 52.1 Å². The third-order valence-corrected chi connectivity index (χ3v) is 5.46. The zero-order valence-electron chi connectivity index (χ0n) is 17.7. The van der Waals surface area contributed by atoms with Gasteiger partial charge in [0.25, 0.3) is 0 Å². The first kappa shape index (κ1) is 24.1. The topological polar surface area (TPSA) is 59.6 Å². The van der Waals surface area contributed by atoms with Crippen molar-refractivity contribution in [3.05, 3.63) is 80.8 Å². The Hall–Kier alpha value is -2.60. The molecule has 3 aromatic rings. The Morgan fingerprint density at radius 1 is 0.844 bits per heavy atom. The molecule has 0 atom stereocenters. The number of amides is 1. The van der Waals surface area contributed by atoms with E-state index in [4.69, 9.17) is 44.3 Å². The summed E-state index contributed by atoms with van der Waals surface area (Å²) >= 11 is 18.6. The molecule has 0 aliphatic rings. The van der Waals surface area contributed by atoms with Crippen molar-refractivity contribution in [1.29, 1.82) is 0 Å². The first-order chi connectivity index (χ1) is 15.4. The summed E-state index contributed by atoms with van der Waals surface area (Å²) in [5.41, 5.74) is 3.46. The maximum absolute atomic E-state index is 11.1. The molecule has 0 unspecified atom stereocenters. The van der Waals surface area contributed by atoms with Gasteiger partial charge in [0, 0.05) is 24.8 Å². The molecule has 0 aromatic heterocycles. The fraction of sp³-hybridized carbons (Fsp3) is 0.208. The first-order valence-corrected chi connectivity index (χ1v) is 11.1. The van der Waals surface area contributed by atoms with Gasteiger partial charge in [-0.05, 0) is 66.6 Å². The summed E-state index contributed by atoms with van der Waals surface area (Å²) in [6.45, 7) is 4.66. The number of rotatable bonds is 9. The van der Waals surface area contributed by atoms with Gasteiger partial charge >= 0.3 is 0 Å². The molecule has 168 valence electrons. The first-order valence-electron chi connectivity index (χ1n) is 9.99. The number of anilines is 2. The van der Waals surface area contributed by atoms with E-state index in [1.54, 1.807) is 12.1 Å². The third-order valence-electron chi connectivity index (χ3n) is 4.44. The van der Waals surface area contributed by atoms with Gasteiger partial charge in [0.2, 0.25) is 5.91 Å². The van der Waals surface area contributed by atoms with Gasteiger partial charge in [-0.15, -0.1) is 0 Å². The van der Waals surface area contributed by atoms with Gasteiger partial charge in [0.05, 0.1) is 21.7 Å². The summed E-state index contributed by atoms with van der Waals surface area (Å²) in [6, 6.07) is 16.5. The molecule has 0 fully saturated rings. The fourth-order valence-electron chi connectivity index (χ4n) is 2.99. The second-order valence-electron chi connectivity index (χ2n) is 6.99. The molecule has 0 aliphatic heterocycles. The van der Waals surface area contributed by atoms with Crippen LogP contribution in [0.25, 0.3) is 0 Å². The molecule has 1 amide bonds. The van der Waals surface area contributed by atoms with Crippen LogP contribution in [0.3, 0.4) is 0 Å². The molecule has 8 heteroatoms. The van der Waals surface area contributed by atoms with Gasteiger partial charge in [-0.2, -0.15) is 0 Å². The molecule has 5 nitrogen and oxygen atoms in total. The molecule has 0 saturated carbocycles. The molecular formula is C24H23Cl3N2O3. The van der Waals surface area contributed by atoms with Gasteiger partial charge < -0.3 is 20.1 Å². The Labute approximate surface area is 202 Å². The quantitative estimate of drug-likeness (QED) is 0.331. The summed E-state index contributed by atoms with van der Waals surface area (Å²) in [6.07, 6.45) is 0. The van der Waals surface area contributed by atoms with Crippen LogP contribution in [0.5, 0.6) is 11.5 Å². The van der Waals surface area contributed by atoms with Crippen LogP contribution in [0.1, 0.15) is 25.0 Å². The molecule has 32 heavy (non-hydrogen) atoms. The monoisotopic (exact) mass is 492 g/mol. The Kier molecular flexibility index (Phi) is 8.51. The summed E-state index contributed by atoms with van der Waals surface area (Å²) in [7, 11) is 0. The van der Waals surface area contributed by atoms with Crippen LogP contribution in [-0.2, 0) is 17.9 Å². The minimum atomic E-state index is -0.106. The van der Waals surface area contributed by atoms with E-state index in [2.05, 4.69) is 10.6 Å². The largest absolute Gasteiger partial charge is 0.490 e. The van der Waals surface area contributed by atoms with Crippen molar-refractivity contribution in [2.45, 2.75) is 27.0 Å². The van der Waals surface area contributed by atoms with Crippen LogP contribution in [0.2, 0.25) is 15.1 Å². The molecule has 3 rings (SSSR count). The maximum Gasteiger partial charge on any atom is 0.221 e. The highest BCUT2D eigenvalue weighted by atomic mass is 35.5. The standard InChI is InChI=1S/C24H23Cl3N2O3/c1-3-31-23-12-17(13-28-18-5-7-19(8-6-18)29-15(2)30)11-22(27)24(23)32-14-16-4-9-20(25)21(26)10-16/h4-12,28H,3,13-14H2,1-2H3,(H,29,30). The van der Waals surface area contributed by atoms with Crippen LogP contribution in [0.15, 0.2) is 54.6 Å². The Bertz CT molecular complexity index is 1090. The summed E-state index contributed by atoms with van der Waals surface area (Å²) in [5.74, 6) is 0.936. The van der Waals surface area contributed by atoms with Gasteiger partial charge in [-0.1, -0.05) is 40.9 Å². The minimum Gasteiger partial charge on any atom is -0.490 e. The number of carbonyl (C=O) groups is 1. The van der Waals surface area contributed by atoms with Gasteiger partial charge in [-0.3, -0.25) is 4.79 Å². The Morgan fingerprint density at radius 3 is 2.19 bits per heavy atom. The highest BCUT2D eigenvalue weighted by molar-refractivity contribution is 6.42. The van der Waals surface area contributed by atoms with E-state index in [0.29, 0.717) is 39.7 Å². The van der Waals surface area contributed by atoms with E-state index >= 15 is 0 Å². The number of carbonyl (C=O) groups excluding carboxylic acids is 1. The third kappa shape index (κ3) is 6.70. The van der Waals surface area contributed by atoms with Crippen LogP contribution in [-0.4, -0.2) is 12.5 Å². The minimum absolute atomic E-state index is 0.106. The lowest BCUT2D eigenvalue weighted by atomic mass is 10.2. The summed E-state index contributed by atoms with van der Waals surface area (Å²) < 4.78 is 11.7. The van der Waals surface area contributed by atoms with Gasteiger partial charge in [0.1, 0.15) is 6.61 Å². The lowest BCUT2D eigenvalue weighted by molar-refractivity contribution is -0.114. The van der Waals surface area contributed by atoms with E-state index in [-0.39, 0.29) is 12.5 Å². The normalized spacial score (nSPS) is 10.5. The number of benzene rings is 3. The van der Waals surface area contributed by atoms with Crippen molar-refractivity contribution < 1.29 is 14.3 Å². The van der Waals surface area contributed by atoms with Crippen molar-refractivity contribution in [2.75, 3.05) is 17.2 Å². The summed E-state index contributed by atoms with van der Waals surface area (Å²) in [5, 5.41) is 7.49. The van der Waals surface area contributed by atoms with Crippen molar-refractivity contribution in [2.24, 2.45) is 0 Å². The van der Waals surface area contributed by atoms with Crippen LogP contribution >= 0.6 is 34.8 Å². The lowest BCUT2D eigenvalue weighted by Crippen LogP contribution is -2.06. The van der Waals surface area contributed by atoms with Gasteiger partial charge in [0.15, 0.2) is 11.5 Å². The highest BCUT2D eigenvalue weighted by Crippen LogP contribution is 2.37. The lowest BCUT2D eigenvalue weighted by Gasteiger charge is -2.16. The Morgan fingerprint density at radius 2 is 1.53 bits per heavy atom. The molecule has 0 spiro atoms. The van der Waals surface area contributed by atoms with Crippen molar-refractivity contribution in [3.63, 3.8) is 0 Å². The molecule has 0 heterocycles. The number of hydrogen-bond acceptors (Lipinski definition) is 4. The average Bonchev–Trinajstić information content (AvgIpc) is 2.75. The average molecular weight is 494 g/mol. The van der Waals surface area contributed by atoms with Crippen LogP contribution < -0.4 is 20.1 Å². The number of halogens is 3. The number of hydrogen-bond donors (Lipinski definition) is 2. The predicted octanol–water partition coefficient (Wildman–Crippen LogP) is 7.20. The second kappa shape index (κ2) is 11.3. The molecule has 0 saturated heterocycles. The smallest absolute Gasteiger partial charge is 0.221 e. The van der Waals surface area contributed by atoms with Gasteiger partial charge in [-0.25, -0.2) is 0 Å². The second-order valence-corrected chi connectivity index (χ2v) is 8.21. The van der Waals surface area contributed by atoms with E-state index in [9.17, 15) is 4.79 Å². The highest BCUT2D eigenvalue weighted by Gasteiger charge is 2.13. The number of nitrogens with one attached hydrogen (secondary N) is 2. The molecular weight excluding hydrogens is 471 g/mol. The fourth-order valence-corrected chi connectivity index (χ4v) is 3.60. The molecule has 2 N–H and O–H groups in total. The predicted molar refractivity (Wildman–Crippen MR) is 131 cm³/mol.